The summed E-state index contributed by atoms with van der Waals surface area (Å²) < 4.78 is 0. The SMILES string of the molecule is c1ccc(-c2ccc(-c3c4ccccc4c(Cc4ccccc4-c4ccccc4)c4ccccc34)cc2)cc1. The van der Waals surface area contributed by atoms with Gasteiger partial charge in [0.05, 0.1) is 0 Å². The number of hydrogen-bond acceptors (Lipinski definition) is 0. The van der Waals surface area contributed by atoms with Gasteiger partial charge < -0.3 is 0 Å². The zero-order chi connectivity index (χ0) is 26.0. The van der Waals surface area contributed by atoms with E-state index in [0.29, 0.717) is 0 Å². The maximum absolute atomic E-state index is 2.30. The lowest BCUT2D eigenvalue weighted by Gasteiger charge is -2.19. The topological polar surface area (TPSA) is 0 Å². The second kappa shape index (κ2) is 10.1. The van der Waals surface area contributed by atoms with Crippen LogP contribution in [0, 0.1) is 0 Å². The zero-order valence-corrected chi connectivity index (χ0v) is 21.7. The second-order valence-electron chi connectivity index (χ2n) is 10.1. The fourth-order valence-corrected chi connectivity index (χ4v) is 5.94. The van der Waals surface area contributed by atoms with Gasteiger partial charge >= 0.3 is 0 Å². The van der Waals surface area contributed by atoms with Crippen molar-refractivity contribution in [3.8, 4) is 33.4 Å². The third-order valence-electron chi connectivity index (χ3n) is 7.79. The fraction of sp³-hybridized carbons (Fsp3) is 0.0256. The van der Waals surface area contributed by atoms with Crippen LogP contribution in [-0.2, 0) is 6.42 Å². The Kier molecular flexibility index (Phi) is 6.00. The number of hydrogen-bond donors (Lipinski definition) is 0. The van der Waals surface area contributed by atoms with Crippen LogP contribution in [0.25, 0.3) is 54.9 Å². The average molecular weight is 497 g/mol. The summed E-state index contributed by atoms with van der Waals surface area (Å²) in [4.78, 5) is 0. The van der Waals surface area contributed by atoms with E-state index in [9.17, 15) is 0 Å². The van der Waals surface area contributed by atoms with Gasteiger partial charge in [0.1, 0.15) is 0 Å². The molecule has 7 aromatic carbocycles. The third-order valence-corrected chi connectivity index (χ3v) is 7.79. The van der Waals surface area contributed by atoms with Gasteiger partial charge in [-0.25, -0.2) is 0 Å². The minimum Gasteiger partial charge on any atom is -0.0622 e. The van der Waals surface area contributed by atoms with Crippen LogP contribution in [-0.4, -0.2) is 0 Å². The van der Waals surface area contributed by atoms with Gasteiger partial charge in [0.15, 0.2) is 0 Å². The molecule has 0 aliphatic heterocycles. The van der Waals surface area contributed by atoms with Crippen LogP contribution in [0.1, 0.15) is 11.1 Å². The fourth-order valence-electron chi connectivity index (χ4n) is 5.94. The summed E-state index contributed by atoms with van der Waals surface area (Å²) in [6, 6.07) is 57.1. The van der Waals surface area contributed by atoms with Crippen molar-refractivity contribution in [2.24, 2.45) is 0 Å². The highest BCUT2D eigenvalue weighted by molar-refractivity contribution is 6.15. The van der Waals surface area contributed by atoms with Crippen LogP contribution in [0.2, 0.25) is 0 Å². The van der Waals surface area contributed by atoms with Gasteiger partial charge in [0.25, 0.3) is 0 Å². The Labute approximate surface area is 229 Å². The summed E-state index contributed by atoms with van der Waals surface area (Å²) in [7, 11) is 0. The van der Waals surface area contributed by atoms with Crippen LogP contribution < -0.4 is 0 Å². The molecule has 39 heavy (non-hydrogen) atoms. The Morgan fingerprint density at radius 1 is 0.308 bits per heavy atom. The standard InChI is InChI=1S/C39H28/c1-3-13-28(14-4-1)29-23-25-31(26-24-29)39-36-21-11-9-19-34(36)38(35-20-10-12-22-37(35)39)27-32-17-7-8-18-33(32)30-15-5-2-6-16-30/h1-26H,27H2. The molecule has 0 atom stereocenters. The molecule has 0 aliphatic carbocycles. The smallest absolute Gasteiger partial charge is 0.000728 e. The summed E-state index contributed by atoms with van der Waals surface area (Å²) in [5, 5.41) is 5.24. The lowest BCUT2D eigenvalue weighted by Crippen LogP contribution is -1.97. The van der Waals surface area contributed by atoms with E-state index in [-0.39, 0.29) is 0 Å². The molecule has 184 valence electrons. The maximum Gasteiger partial charge on any atom is -0.000728 e. The molecular weight excluding hydrogens is 468 g/mol. The summed E-state index contributed by atoms with van der Waals surface area (Å²) in [6.07, 6.45) is 0.874. The van der Waals surface area contributed by atoms with E-state index >= 15 is 0 Å². The first kappa shape index (κ1) is 23.2. The Hall–Kier alpha value is -4.94. The molecule has 0 heterocycles. The summed E-state index contributed by atoms with van der Waals surface area (Å²) in [6.45, 7) is 0. The van der Waals surface area contributed by atoms with Gasteiger partial charge in [0, 0.05) is 0 Å². The van der Waals surface area contributed by atoms with Crippen molar-refractivity contribution in [3.05, 3.63) is 169 Å². The Morgan fingerprint density at radius 2 is 0.744 bits per heavy atom. The Morgan fingerprint density at radius 3 is 1.36 bits per heavy atom. The molecule has 0 saturated carbocycles. The minimum atomic E-state index is 0.874. The van der Waals surface area contributed by atoms with Crippen molar-refractivity contribution >= 4 is 21.5 Å². The third kappa shape index (κ3) is 4.31. The molecule has 0 saturated heterocycles. The molecule has 0 bridgehead atoms. The minimum absolute atomic E-state index is 0.874. The van der Waals surface area contributed by atoms with Gasteiger partial charge in [-0.05, 0) is 72.5 Å². The van der Waals surface area contributed by atoms with Crippen molar-refractivity contribution in [1.29, 1.82) is 0 Å². The van der Waals surface area contributed by atoms with Crippen LogP contribution in [0.5, 0.6) is 0 Å². The molecule has 7 rings (SSSR count). The molecule has 0 fully saturated rings. The van der Waals surface area contributed by atoms with Crippen LogP contribution in [0.15, 0.2) is 158 Å². The van der Waals surface area contributed by atoms with Gasteiger partial charge in [0.2, 0.25) is 0 Å². The average Bonchev–Trinajstić information content (AvgIpc) is 3.02. The second-order valence-corrected chi connectivity index (χ2v) is 10.1. The van der Waals surface area contributed by atoms with Crippen molar-refractivity contribution < 1.29 is 0 Å². The molecular formula is C39H28. The number of fused-ring (bicyclic) bond motifs is 2. The summed E-state index contributed by atoms with van der Waals surface area (Å²) in [5.74, 6) is 0. The molecule has 7 aromatic rings. The molecule has 0 aliphatic rings. The molecule has 0 unspecified atom stereocenters. The van der Waals surface area contributed by atoms with E-state index in [1.54, 1.807) is 0 Å². The Balaban J connectivity index is 1.42. The Bertz CT molecular complexity index is 1840. The summed E-state index contributed by atoms with van der Waals surface area (Å²) >= 11 is 0. The van der Waals surface area contributed by atoms with Crippen molar-refractivity contribution in [1.82, 2.24) is 0 Å². The molecule has 0 heteroatoms. The van der Waals surface area contributed by atoms with Gasteiger partial charge in [-0.3, -0.25) is 0 Å². The van der Waals surface area contributed by atoms with Crippen LogP contribution in [0.4, 0.5) is 0 Å². The van der Waals surface area contributed by atoms with Gasteiger partial charge in [-0.15, -0.1) is 0 Å². The normalized spacial score (nSPS) is 11.2. The predicted octanol–water partition coefficient (Wildman–Crippen LogP) is 10.6. The van der Waals surface area contributed by atoms with Crippen molar-refractivity contribution in [3.63, 3.8) is 0 Å². The highest BCUT2D eigenvalue weighted by Gasteiger charge is 2.16. The van der Waals surface area contributed by atoms with Gasteiger partial charge in [-0.1, -0.05) is 158 Å². The highest BCUT2D eigenvalue weighted by atomic mass is 14.2. The molecule has 0 nitrogen and oxygen atoms in total. The number of benzene rings is 7. The zero-order valence-electron chi connectivity index (χ0n) is 21.7. The van der Waals surface area contributed by atoms with Crippen molar-refractivity contribution in [2.45, 2.75) is 6.42 Å². The molecule has 0 amide bonds. The lowest BCUT2D eigenvalue weighted by atomic mass is 9.85. The highest BCUT2D eigenvalue weighted by Crippen LogP contribution is 2.41. The van der Waals surface area contributed by atoms with E-state index in [1.807, 2.05) is 0 Å². The van der Waals surface area contributed by atoms with E-state index in [0.717, 1.165) is 6.42 Å². The first-order valence-electron chi connectivity index (χ1n) is 13.6. The molecule has 0 aromatic heterocycles. The maximum atomic E-state index is 2.30. The lowest BCUT2D eigenvalue weighted by molar-refractivity contribution is 1.23. The predicted molar refractivity (Wildman–Crippen MR) is 167 cm³/mol. The molecule has 0 spiro atoms. The van der Waals surface area contributed by atoms with Crippen LogP contribution >= 0.6 is 0 Å². The summed E-state index contributed by atoms with van der Waals surface area (Å²) in [5.41, 5.74) is 10.3. The van der Waals surface area contributed by atoms with E-state index < -0.39 is 0 Å². The monoisotopic (exact) mass is 496 g/mol. The first-order valence-corrected chi connectivity index (χ1v) is 13.6. The first-order chi connectivity index (χ1) is 19.4. The van der Waals surface area contributed by atoms with E-state index in [4.69, 9.17) is 0 Å². The molecule has 0 radical (unpaired) electrons. The van der Waals surface area contributed by atoms with Crippen LogP contribution in [0.3, 0.4) is 0 Å². The van der Waals surface area contributed by atoms with Gasteiger partial charge in [-0.2, -0.15) is 0 Å². The largest absolute Gasteiger partial charge is 0.0622 e. The quantitative estimate of drug-likeness (QED) is 0.208. The van der Waals surface area contributed by atoms with E-state index in [1.165, 1.54) is 66.1 Å². The molecule has 0 N–H and O–H groups in total. The van der Waals surface area contributed by atoms with Crippen molar-refractivity contribution in [2.75, 3.05) is 0 Å². The van der Waals surface area contributed by atoms with E-state index in [2.05, 4.69) is 158 Å². The number of rotatable bonds is 5.